The minimum absolute atomic E-state index is 0.213. The molecule has 0 aliphatic carbocycles. The number of carbonyl (C=O) groups is 1. The summed E-state index contributed by atoms with van der Waals surface area (Å²) in [4.78, 5) is 20.6. The largest absolute Gasteiger partial charge is 0.457 e. The Hall–Kier alpha value is -4.35. The van der Waals surface area contributed by atoms with Gasteiger partial charge in [-0.3, -0.25) is 0 Å². The van der Waals surface area contributed by atoms with Crippen molar-refractivity contribution in [2.45, 2.75) is 20.1 Å². The molecule has 38 heavy (non-hydrogen) atoms. The molecule has 1 aromatic heterocycles. The zero-order valence-electron chi connectivity index (χ0n) is 20.6. The Labute approximate surface area is 232 Å². The standard InChI is InChI=1S/C27H23IN6O4/c1-18-25(26(34(2)32-18)38-24-13-11-23(12-14-24)31-33-29)15-30-37-17-20-3-7-21(8-4-20)27(35)36-16-19-5-9-22(28)10-6-19/h3-15H,16-17H2,1-2H3/b30-15+/i28-2. The molecule has 192 valence electrons. The van der Waals surface area contributed by atoms with Crippen molar-refractivity contribution in [3.63, 3.8) is 0 Å². The van der Waals surface area contributed by atoms with Crippen LogP contribution in [0.2, 0.25) is 0 Å². The second-order valence-electron chi connectivity index (χ2n) is 8.12. The SMILES string of the molecule is Cc1nn(C)c(Oc2ccc(N=[N+]=[N-])cc2)c1/C=N/OCc1ccc(C(=O)OCc2ccc([125I])cc2)cc1. The van der Waals surface area contributed by atoms with E-state index in [1.807, 2.05) is 31.2 Å². The molecule has 0 atom stereocenters. The van der Waals surface area contributed by atoms with Gasteiger partial charge in [0.05, 0.1) is 23.0 Å². The number of nitrogens with zero attached hydrogens (tertiary/aromatic N) is 6. The molecule has 0 N–H and O–H groups in total. The van der Waals surface area contributed by atoms with Gasteiger partial charge in [-0.25, -0.2) is 9.48 Å². The van der Waals surface area contributed by atoms with Gasteiger partial charge >= 0.3 is 5.97 Å². The minimum Gasteiger partial charge on any atom is -0.457 e. The van der Waals surface area contributed by atoms with E-state index in [4.69, 9.17) is 19.8 Å². The van der Waals surface area contributed by atoms with Crippen LogP contribution < -0.4 is 4.74 Å². The van der Waals surface area contributed by atoms with Crippen molar-refractivity contribution in [1.82, 2.24) is 9.78 Å². The maximum Gasteiger partial charge on any atom is 0.338 e. The molecule has 4 rings (SSSR count). The number of carbonyl (C=O) groups excluding carboxylic acids is 1. The second-order valence-corrected chi connectivity index (χ2v) is 9.37. The van der Waals surface area contributed by atoms with Gasteiger partial charge in [0, 0.05) is 21.2 Å². The van der Waals surface area contributed by atoms with Crippen LogP contribution in [0.1, 0.15) is 32.7 Å². The quantitative estimate of drug-likeness (QED) is 0.0360. The first kappa shape index (κ1) is 26.7. The third-order valence-electron chi connectivity index (χ3n) is 5.39. The van der Waals surface area contributed by atoms with E-state index in [-0.39, 0.29) is 19.2 Å². The van der Waals surface area contributed by atoms with Crippen molar-refractivity contribution in [2.24, 2.45) is 17.3 Å². The van der Waals surface area contributed by atoms with Crippen molar-refractivity contribution in [1.29, 1.82) is 0 Å². The first-order valence-electron chi connectivity index (χ1n) is 11.5. The normalized spacial score (nSPS) is 10.7. The molecule has 0 amide bonds. The Kier molecular flexibility index (Phi) is 8.96. The maximum atomic E-state index is 12.3. The lowest BCUT2D eigenvalue weighted by atomic mass is 10.1. The van der Waals surface area contributed by atoms with E-state index in [1.54, 1.807) is 66.5 Å². The van der Waals surface area contributed by atoms with E-state index in [1.165, 1.54) is 0 Å². The number of azide groups is 1. The number of aryl methyl sites for hydroxylation is 2. The van der Waals surface area contributed by atoms with Gasteiger partial charge in [-0.2, -0.15) is 5.10 Å². The number of oxime groups is 1. The monoisotopic (exact) mass is 620 g/mol. The third-order valence-corrected chi connectivity index (χ3v) is 6.11. The lowest BCUT2D eigenvalue weighted by Gasteiger charge is -2.07. The molecule has 0 spiro atoms. The highest BCUT2D eigenvalue weighted by molar-refractivity contribution is 14.1. The van der Waals surface area contributed by atoms with Gasteiger partial charge in [0.15, 0.2) is 0 Å². The van der Waals surface area contributed by atoms with Gasteiger partial charge in [-0.1, -0.05) is 34.5 Å². The molecular formula is C27H23IN6O4. The summed E-state index contributed by atoms with van der Waals surface area (Å²) >= 11 is 2.23. The topological polar surface area (TPSA) is 124 Å². The Morgan fingerprint density at radius 3 is 2.37 bits per heavy atom. The summed E-state index contributed by atoms with van der Waals surface area (Å²) in [5.41, 5.74) is 12.6. The molecule has 3 aromatic carbocycles. The molecule has 0 aliphatic rings. The lowest BCUT2D eigenvalue weighted by Crippen LogP contribution is -2.05. The van der Waals surface area contributed by atoms with Crippen LogP contribution in [0, 0.1) is 10.5 Å². The molecule has 4 aromatic rings. The van der Waals surface area contributed by atoms with Gasteiger partial charge < -0.3 is 14.3 Å². The molecule has 0 radical (unpaired) electrons. The van der Waals surface area contributed by atoms with E-state index in [0.29, 0.717) is 34.1 Å². The van der Waals surface area contributed by atoms with Crippen LogP contribution in [0.3, 0.4) is 0 Å². The Bertz CT molecular complexity index is 1480. The van der Waals surface area contributed by atoms with Crippen LogP contribution in [0.5, 0.6) is 11.6 Å². The predicted molar refractivity (Wildman–Crippen MR) is 150 cm³/mol. The summed E-state index contributed by atoms with van der Waals surface area (Å²) < 4.78 is 14.1. The van der Waals surface area contributed by atoms with Gasteiger partial charge in [-0.05, 0) is 94.7 Å². The van der Waals surface area contributed by atoms with E-state index in [2.05, 4.69) is 42.9 Å². The first-order valence-corrected chi connectivity index (χ1v) is 12.5. The van der Waals surface area contributed by atoms with E-state index in [0.717, 1.165) is 14.7 Å². The summed E-state index contributed by atoms with van der Waals surface area (Å²) in [6.45, 7) is 2.27. The number of aromatic nitrogens is 2. The van der Waals surface area contributed by atoms with Crippen LogP contribution in [0.25, 0.3) is 10.4 Å². The van der Waals surface area contributed by atoms with Crippen LogP contribution in [0.4, 0.5) is 5.69 Å². The van der Waals surface area contributed by atoms with Crippen LogP contribution in [0.15, 0.2) is 83.1 Å². The Morgan fingerprint density at radius 1 is 1.03 bits per heavy atom. The van der Waals surface area contributed by atoms with Gasteiger partial charge in [0.1, 0.15) is 19.0 Å². The lowest BCUT2D eigenvalue weighted by molar-refractivity contribution is 0.0472. The minimum atomic E-state index is -0.388. The highest BCUT2D eigenvalue weighted by atomic mass is 125. The first-order chi connectivity index (χ1) is 18.4. The summed E-state index contributed by atoms with van der Waals surface area (Å²) in [6, 6.07) is 21.5. The summed E-state index contributed by atoms with van der Waals surface area (Å²) in [5.74, 6) is 0.651. The molecule has 10 nitrogen and oxygen atoms in total. The van der Waals surface area contributed by atoms with Crippen molar-refractivity contribution >= 4 is 40.5 Å². The highest BCUT2D eigenvalue weighted by Gasteiger charge is 2.14. The number of benzene rings is 3. The Morgan fingerprint density at radius 2 is 1.68 bits per heavy atom. The van der Waals surface area contributed by atoms with Gasteiger partial charge in [-0.15, -0.1) is 0 Å². The second kappa shape index (κ2) is 12.7. The van der Waals surface area contributed by atoms with Crippen LogP contribution >= 0.6 is 22.6 Å². The molecule has 0 saturated carbocycles. The molecule has 1 heterocycles. The molecule has 11 heteroatoms. The Balaban J connectivity index is 1.32. The zero-order valence-corrected chi connectivity index (χ0v) is 22.8. The van der Waals surface area contributed by atoms with E-state index >= 15 is 0 Å². The number of ether oxygens (including phenoxy) is 2. The fraction of sp³-hybridized carbons (Fsp3) is 0.148. The fourth-order valence-corrected chi connectivity index (χ4v) is 3.78. The molecule has 0 saturated heterocycles. The molecule has 0 aliphatic heterocycles. The summed E-state index contributed by atoms with van der Waals surface area (Å²) in [7, 11) is 1.77. The predicted octanol–water partition coefficient (Wildman–Crippen LogP) is 6.97. The molecular weight excluding hydrogens is 597 g/mol. The van der Waals surface area contributed by atoms with Crippen LogP contribution in [-0.4, -0.2) is 22.0 Å². The van der Waals surface area contributed by atoms with Crippen molar-refractivity contribution in [3.8, 4) is 11.6 Å². The van der Waals surface area contributed by atoms with Crippen molar-refractivity contribution in [3.05, 3.63) is 115 Å². The third kappa shape index (κ3) is 7.11. The average Bonchev–Trinajstić information content (AvgIpc) is 3.19. The number of halogens is 1. The number of esters is 1. The fourth-order valence-electron chi connectivity index (χ4n) is 3.42. The number of hydrogen-bond donors (Lipinski definition) is 0. The summed E-state index contributed by atoms with van der Waals surface area (Å²) in [5, 5.41) is 12.0. The van der Waals surface area contributed by atoms with E-state index in [9.17, 15) is 4.79 Å². The summed E-state index contributed by atoms with van der Waals surface area (Å²) in [6.07, 6.45) is 1.54. The van der Waals surface area contributed by atoms with Gasteiger partial charge in [0.25, 0.3) is 0 Å². The average molecular weight is 620 g/mol. The smallest absolute Gasteiger partial charge is 0.338 e. The zero-order chi connectivity index (χ0) is 26.9. The maximum absolute atomic E-state index is 12.3. The van der Waals surface area contributed by atoms with Gasteiger partial charge in [0.2, 0.25) is 5.88 Å². The number of rotatable bonds is 10. The molecule has 0 bridgehead atoms. The molecule has 0 fully saturated rings. The van der Waals surface area contributed by atoms with Crippen molar-refractivity contribution < 1.29 is 19.1 Å². The number of hydrogen-bond acceptors (Lipinski definition) is 7. The van der Waals surface area contributed by atoms with Crippen molar-refractivity contribution in [2.75, 3.05) is 0 Å². The van der Waals surface area contributed by atoms with Crippen LogP contribution in [-0.2, 0) is 29.8 Å². The highest BCUT2D eigenvalue weighted by Crippen LogP contribution is 2.27. The van der Waals surface area contributed by atoms with E-state index < -0.39 is 0 Å². The molecule has 0 unspecified atom stereocenters.